The van der Waals surface area contributed by atoms with Crippen molar-refractivity contribution in [1.82, 2.24) is 4.90 Å². The smallest absolute Gasteiger partial charge is 0.327 e. The molecule has 0 aromatic rings. The fraction of sp³-hybridized carbons (Fsp3) is 0.750. The van der Waals surface area contributed by atoms with Gasteiger partial charge in [-0.3, -0.25) is 9.59 Å². The zero-order chi connectivity index (χ0) is 14.7. The minimum atomic E-state index is -0.932. The van der Waals surface area contributed by atoms with E-state index >= 15 is 0 Å². The zero-order valence-corrected chi connectivity index (χ0v) is 12.6. The van der Waals surface area contributed by atoms with E-state index in [1.165, 1.54) is 11.8 Å². The Hall–Kier alpha value is -0.890. The lowest BCUT2D eigenvalue weighted by atomic mass is 10.2. The van der Waals surface area contributed by atoms with E-state index in [0.29, 0.717) is 17.4 Å². The second-order valence-electron chi connectivity index (χ2n) is 4.99. The lowest BCUT2D eigenvalue weighted by Crippen LogP contribution is -2.46. The fourth-order valence-corrected chi connectivity index (χ4v) is 4.56. The quantitative estimate of drug-likeness (QED) is 0.657. The monoisotopic (exact) mass is 318 g/mol. The van der Waals surface area contributed by atoms with Gasteiger partial charge in [-0.2, -0.15) is 11.8 Å². The van der Waals surface area contributed by atoms with E-state index in [4.69, 9.17) is 5.73 Å². The van der Waals surface area contributed by atoms with E-state index < -0.39 is 17.9 Å². The first-order chi connectivity index (χ1) is 9.50. The predicted molar refractivity (Wildman–Crippen MR) is 78.4 cm³/mol. The third kappa shape index (κ3) is 3.82. The number of primary amides is 1. The van der Waals surface area contributed by atoms with Crippen molar-refractivity contribution in [3.8, 4) is 0 Å². The summed E-state index contributed by atoms with van der Waals surface area (Å²) in [5.41, 5.74) is 5.03. The van der Waals surface area contributed by atoms with Crippen LogP contribution in [0.4, 0.5) is 0 Å². The number of nitrogens with zero attached hydrogens (tertiary/aromatic N) is 1. The Bertz CT molecular complexity index is 414. The van der Waals surface area contributed by atoms with Gasteiger partial charge in [-0.05, 0) is 18.8 Å². The van der Waals surface area contributed by atoms with Gasteiger partial charge < -0.3 is 15.7 Å². The molecule has 2 unspecified atom stereocenters. The number of rotatable bonds is 7. The maximum Gasteiger partial charge on any atom is 0.327 e. The molecule has 1 saturated carbocycles. The third-order valence-electron chi connectivity index (χ3n) is 3.34. The van der Waals surface area contributed by atoms with Crippen LogP contribution in [0.3, 0.4) is 0 Å². The van der Waals surface area contributed by atoms with Crippen molar-refractivity contribution in [3.05, 3.63) is 0 Å². The lowest BCUT2D eigenvalue weighted by Gasteiger charge is -2.27. The summed E-state index contributed by atoms with van der Waals surface area (Å²) in [6, 6.07) is -0.709. The predicted octanol–water partition coefficient (Wildman–Crippen LogP) is 0.360. The van der Waals surface area contributed by atoms with Crippen LogP contribution in [0.2, 0.25) is 0 Å². The Morgan fingerprint density at radius 2 is 2.05 bits per heavy atom. The first-order valence-electron chi connectivity index (χ1n) is 6.52. The summed E-state index contributed by atoms with van der Waals surface area (Å²) in [7, 11) is 0. The van der Waals surface area contributed by atoms with Gasteiger partial charge in [0.1, 0.15) is 6.04 Å². The number of amides is 2. The average molecular weight is 318 g/mol. The van der Waals surface area contributed by atoms with Gasteiger partial charge in [0, 0.05) is 17.9 Å². The number of hydrogen-bond donors (Lipinski definition) is 2. The summed E-state index contributed by atoms with van der Waals surface area (Å²) in [6.07, 6.45) is 2.40. The highest BCUT2D eigenvalue weighted by atomic mass is 32.2. The Morgan fingerprint density at radius 1 is 1.35 bits per heavy atom. The number of hydrogen-bond acceptors (Lipinski definition) is 5. The van der Waals surface area contributed by atoms with E-state index in [2.05, 4.69) is 0 Å². The van der Waals surface area contributed by atoms with Crippen molar-refractivity contribution >= 4 is 41.3 Å². The average Bonchev–Trinajstić information content (AvgIpc) is 3.12. The molecule has 2 amide bonds. The highest BCUT2D eigenvalue weighted by Crippen LogP contribution is 2.45. The maximum atomic E-state index is 12.3. The van der Waals surface area contributed by atoms with Gasteiger partial charge in [0.2, 0.25) is 11.8 Å². The second kappa shape index (κ2) is 6.71. The molecular formula is C12H18N2O4S2. The molecule has 1 heterocycles. The van der Waals surface area contributed by atoms with Gasteiger partial charge in [-0.1, -0.05) is 0 Å². The van der Waals surface area contributed by atoms with E-state index in [0.717, 1.165) is 12.8 Å². The molecule has 20 heavy (non-hydrogen) atoms. The molecule has 2 aliphatic rings. The van der Waals surface area contributed by atoms with Gasteiger partial charge in [-0.25, -0.2) is 4.79 Å². The molecule has 1 saturated heterocycles. The van der Waals surface area contributed by atoms with Gasteiger partial charge in [0.15, 0.2) is 0 Å². The Labute approximate surface area is 125 Å². The lowest BCUT2D eigenvalue weighted by molar-refractivity contribution is -0.149. The minimum Gasteiger partial charge on any atom is -0.480 e. The molecule has 0 aromatic carbocycles. The normalized spacial score (nSPS) is 25.7. The molecule has 0 spiro atoms. The van der Waals surface area contributed by atoms with Crippen LogP contribution in [0.15, 0.2) is 0 Å². The van der Waals surface area contributed by atoms with Crippen molar-refractivity contribution < 1.29 is 19.5 Å². The van der Waals surface area contributed by atoms with Crippen LogP contribution < -0.4 is 5.73 Å². The van der Waals surface area contributed by atoms with E-state index in [-0.39, 0.29) is 23.5 Å². The molecule has 2 atom stereocenters. The van der Waals surface area contributed by atoms with Crippen LogP contribution in [0.5, 0.6) is 0 Å². The molecule has 112 valence electrons. The number of aliphatic carboxylic acids is 1. The van der Waals surface area contributed by atoms with Crippen LogP contribution in [-0.4, -0.2) is 56.5 Å². The Balaban J connectivity index is 1.89. The van der Waals surface area contributed by atoms with Crippen LogP contribution in [0.1, 0.15) is 19.3 Å². The van der Waals surface area contributed by atoms with E-state index in [1.54, 1.807) is 16.7 Å². The summed E-state index contributed by atoms with van der Waals surface area (Å²) in [4.78, 5) is 35.7. The van der Waals surface area contributed by atoms with Crippen molar-refractivity contribution in [2.45, 2.75) is 30.7 Å². The van der Waals surface area contributed by atoms with Crippen LogP contribution in [0, 0.1) is 5.92 Å². The molecule has 2 fully saturated rings. The summed E-state index contributed by atoms with van der Waals surface area (Å²) in [6.45, 7) is 0. The minimum absolute atomic E-state index is 0.0183. The maximum absolute atomic E-state index is 12.3. The van der Waals surface area contributed by atoms with Crippen LogP contribution in [-0.2, 0) is 14.4 Å². The molecular weight excluding hydrogens is 300 g/mol. The van der Waals surface area contributed by atoms with E-state index in [1.807, 2.05) is 0 Å². The number of carbonyl (C=O) groups excluding carboxylic acids is 2. The summed E-state index contributed by atoms with van der Waals surface area (Å²) >= 11 is 2.88. The van der Waals surface area contributed by atoms with E-state index in [9.17, 15) is 19.5 Å². The van der Waals surface area contributed by atoms with Crippen LogP contribution >= 0.6 is 23.5 Å². The molecule has 6 nitrogen and oxygen atoms in total. The summed E-state index contributed by atoms with van der Waals surface area (Å²) in [5, 5.41) is 9.24. The van der Waals surface area contributed by atoms with Crippen molar-refractivity contribution in [2.24, 2.45) is 11.7 Å². The summed E-state index contributed by atoms with van der Waals surface area (Å²) in [5.74, 6) is 0.139. The number of nitrogens with two attached hydrogens (primary N) is 1. The molecule has 8 heteroatoms. The van der Waals surface area contributed by atoms with Gasteiger partial charge in [0.25, 0.3) is 0 Å². The molecule has 1 aliphatic carbocycles. The summed E-state index contributed by atoms with van der Waals surface area (Å²) < 4.78 is 0. The van der Waals surface area contributed by atoms with Crippen molar-refractivity contribution in [3.63, 3.8) is 0 Å². The molecule has 2 rings (SSSR count). The van der Waals surface area contributed by atoms with Crippen LogP contribution in [0.25, 0.3) is 0 Å². The Kier molecular flexibility index (Phi) is 5.20. The Morgan fingerprint density at radius 3 is 2.60 bits per heavy atom. The fourth-order valence-electron chi connectivity index (χ4n) is 2.24. The number of carboxylic acids is 1. The molecule has 0 aromatic heterocycles. The standard InChI is InChI=1S/C12H18N2O4S2/c13-9(15)6-19-4-3-10(16)14-8(12(17)18)5-20-11(14)7-1-2-7/h7-8,11H,1-6H2,(H2,13,15)(H,17,18). The highest BCUT2D eigenvalue weighted by Gasteiger charge is 2.47. The first-order valence-corrected chi connectivity index (χ1v) is 8.72. The topological polar surface area (TPSA) is 101 Å². The van der Waals surface area contributed by atoms with Gasteiger partial charge in [0.05, 0.1) is 11.1 Å². The molecule has 1 aliphatic heterocycles. The highest BCUT2D eigenvalue weighted by molar-refractivity contribution is 8.00. The number of thioether (sulfide) groups is 2. The second-order valence-corrected chi connectivity index (χ2v) is 7.24. The van der Waals surface area contributed by atoms with Crippen molar-refractivity contribution in [1.29, 1.82) is 0 Å². The number of carboxylic acid groups (broad SMARTS) is 1. The molecule has 0 radical (unpaired) electrons. The zero-order valence-electron chi connectivity index (χ0n) is 11.0. The van der Waals surface area contributed by atoms with Crippen molar-refractivity contribution in [2.75, 3.05) is 17.3 Å². The largest absolute Gasteiger partial charge is 0.480 e. The van der Waals surface area contributed by atoms with Gasteiger partial charge >= 0.3 is 5.97 Å². The third-order valence-corrected chi connectivity index (χ3v) is 5.78. The SMILES string of the molecule is NC(=O)CSCCC(=O)N1C(C(=O)O)CSC1C1CC1. The molecule has 0 bridgehead atoms. The molecule has 3 N–H and O–H groups in total. The first kappa shape index (κ1) is 15.5. The number of carbonyl (C=O) groups is 3. The van der Waals surface area contributed by atoms with Gasteiger partial charge in [-0.15, -0.1) is 11.8 Å².